The van der Waals surface area contributed by atoms with Gasteiger partial charge in [0, 0.05) is 6.04 Å². The molecule has 0 aromatic carbocycles. The molecule has 3 rings (SSSR count). The van der Waals surface area contributed by atoms with Gasteiger partial charge in [-0.25, -0.2) is 4.79 Å². The van der Waals surface area contributed by atoms with Gasteiger partial charge in [0.25, 0.3) is 5.91 Å². The summed E-state index contributed by atoms with van der Waals surface area (Å²) < 4.78 is 5.06. The van der Waals surface area contributed by atoms with Gasteiger partial charge in [0.1, 0.15) is 17.4 Å². The summed E-state index contributed by atoms with van der Waals surface area (Å²) in [4.78, 5) is 26.0. The zero-order chi connectivity index (χ0) is 15.1. The Morgan fingerprint density at radius 1 is 1.29 bits per heavy atom. The molecule has 0 spiro atoms. The molecule has 1 saturated heterocycles. The van der Waals surface area contributed by atoms with Crippen LogP contribution in [-0.2, 0) is 4.79 Å². The number of carbonyl (C=O) groups is 2. The molecule has 1 saturated carbocycles. The maximum absolute atomic E-state index is 12.9. The number of carboxylic acids is 1. The van der Waals surface area contributed by atoms with Crippen LogP contribution in [-0.4, -0.2) is 39.1 Å². The SMILES string of the molecule is Cc1noc(C)c1C(=O)N1[C@H](C(=O)O)C[C@H]2CCCC[C@@H]21. The fourth-order valence-corrected chi connectivity index (χ4v) is 3.89. The van der Waals surface area contributed by atoms with Crippen LogP contribution < -0.4 is 0 Å². The lowest BCUT2D eigenvalue weighted by molar-refractivity contribution is -0.141. The molecule has 6 nitrogen and oxygen atoms in total. The number of carboxylic acid groups (broad SMARTS) is 1. The van der Waals surface area contributed by atoms with Crippen LogP contribution in [0.1, 0.15) is 53.9 Å². The van der Waals surface area contributed by atoms with Gasteiger partial charge in [-0.05, 0) is 39.0 Å². The average Bonchev–Trinajstić information content (AvgIpc) is 2.99. The molecule has 1 aromatic rings. The molecule has 3 atom stereocenters. The molecule has 6 heteroatoms. The Labute approximate surface area is 123 Å². The summed E-state index contributed by atoms with van der Waals surface area (Å²) in [6.45, 7) is 3.41. The minimum Gasteiger partial charge on any atom is -0.480 e. The molecule has 1 aromatic heterocycles. The topological polar surface area (TPSA) is 83.6 Å². The Morgan fingerprint density at radius 3 is 2.62 bits per heavy atom. The van der Waals surface area contributed by atoms with Gasteiger partial charge in [-0.3, -0.25) is 4.79 Å². The lowest BCUT2D eigenvalue weighted by atomic mass is 9.84. The summed E-state index contributed by atoms with van der Waals surface area (Å²) in [6, 6.07) is -0.680. The van der Waals surface area contributed by atoms with Gasteiger partial charge in [-0.1, -0.05) is 18.0 Å². The number of aromatic nitrogens is 1. The number of aliphatic carboxylic acids is 1. The minimum absolute atomic E-state index is 0.0426. The van der Waals surface area contributed by atoms with Crippen LogP contribution >= 0.6 is 0 Å². The van der Waals surface area contributed by atoms with Gasteiger partial charge in [0.05, 0.1) is 5.69 Å². The Bertz CT molecular complexity index is 561. The summed E-state index contributed by atoms with van der Waals surface area (Å²) in [6.07, 6.45) is 4.65. The van der Waals surface area contributed by atoms with Crippen LogP contribution in [0.3, 0.4) is 0 Å². The van der Waals surface area contributed by atoms with Crippen LogP contribution in [0.2, 0.25) is 0 Å². The highest BCUT2D eigenvalue weighted by atomic mass is 16.5. The largest absolute Gasteiger partial charge is 0.480 e. The molecule has 2 aliphatic rings. The predicted molar refractivity (Wildman–Crippen MR) is 73.9 cm³/mol. The van der Waals surface area contributed by atoms with Gasteiger partial charge < -0.3 is 14.5 Å². The molecule has 1 aliphatic carbocycles. The molecule has 0 bridgehead atoms. The molecule has 1 aliphatic heterocycles. The fraction of sp³-hybridized carbons (Fsp3) is 0.667. The summed E-state index contributed by atoms with van der Waals surface area (Å²) in [5, 5.41) is 13.3. The van der Waals surface area contributed by atoms with Crippen LogP contribution in [0, 0.1) is 19.8 Å². The number of carbonyl (C=O) groups excluding carboxylic acids is 1. The smallest absolute Gasteiger partial charge is 0.326 e. The molecular formula is C15H20N2O4. The van der Waals surface area contributed by atoms with Crippen molar-refractivity contribution in [2.24, 2.45) is 5.92 Å². The van der Waals surface area contributed by atoms with Crippen molar-refractivity contribution in [3.05, 3.63) is 17.0 Å². The molecule has 21 heavy (non-hydrogen) atoms. The maximum atomic E-state index is 12.9. The number of hydrogen-bond donors (Lipinski definition) is 1. The highest BCUT2D eigenvalue weighted by Gasteiger charge is 2.48. The van der Waals surface area contributed by atoms with Gasteiger partial charge in [0.15, 0.2) is 0 Å². The average molecular weight is 292 g/mol. The molecule has 2 fully saturated rings. The van der Waals surface area contributed by atoms with Crippen LogP contribution in [0.4, 0.5) is 0 Å². The first-order chi connectivity index (χ1) is 10.0. The summed E-state index contributed by atoms with van der Waals surface area (Å²) in [5.74, 6) is -0.386. The standard InChI is InChI=1S/C15H20N2O4/c1-8-13(9(2)21-16-8)14(18)17-11-6-4-3-5-10(11)7-12(17)15(19)20/h10-12H,3-7H2,1-2H3,(H,19,20)/t10-,11+,12+/m1/s1. The molecule has 1 amide bonds. The second-order valence-corrected chi connectivity index (χ2v) is 6.11. The number of hydrogen-bond acceptors (Lipinski definition) is 4. The quantitative estimate of drug-likeness (QED) is 0.903. The zero-order valence-corrected chi connectivity index (χ0v) is 12.3. The van der Waals surface area contributed by atoms with Crippen LogP contribution in [0.5, 0.6) is 0 Å². The highest BCUT2D eigenvalue weighted by Crippen LogP contribution is 2.40. The van der Waals surface area contributed by atoms with Crippen LogP contribution in [0.15, 0.2) is 4.52 Å². The first-order valence-corrected chi connectivity index (χ1v) is 7.49. The molecule has 2 heterocycles. The lowest BCUT2D eigenvalue weighted by Crippen LogP contribution is -2.46. The van der Waals surface area contributed by atoms with Crippen molar-refractivity contribution >= 4 is 11.9 Å². The van der Waals surface area contributed by atoms with E-state index in [2.05, 4.69) is 5.16 Å². The van der Waals surface area contributed by atoms with Crippen molar-refractivity contribution in [1.29, 1.82) is 0 Å². The van der Waals surface area contributed by atoms with Crippen molar-refractivity contribution in [3.63, 3.8) is 0 Å². The number of fused-ring (bicyclic) bond motifs is 1. The Hall–Kier alpha value is -1.85. The number of nitrogens with zero attached hydrogens (tertiary/aromatic N) is 2. The van der Waals surface area contributed by atoms with E-state index in [0.717, 1.165) is 25.7 Å². The normalized spacial score (nSPS) is 28.5. The van der Waals surface area contributed by atoms with E-state index in [-0.39, 0.29) is 11.9 Å². The van der Waals surface area contributed by atoms with Crippen molar-refractivity contribution in [3.8, 4) is 0 Å². The Balaban J connectivity index is 1.97. The molecular weight excluding hydrogens is 272 g/mol. The summed E-state index contributed by atoms with van der Waals surface area (Å²) >= 11 is 0. The molecule has 1 N–H and O–H groups in total. The first kappa shape index (κ1) is 14.1. The first-order valence-electron chi connectivity index (χ1n) is 7.49. The lowest BCUT2D eigenvalue weighted by Gasteiger charge is -2.32. The van der Waals surface area contributed by atoms with Gasteiger partial charge in [0.2, 0.25) is 0 Å². The van der Waals surface area contributed by atoms with Gasteiger partial charge in [-0.15, -0.1) is 0 Å². The zero-order valence-electron chi connectivity index (χ0n) is 12.3. The van der Waals surface area contributed by atoms with E-state index in [0.29, 0.717) is 29.4 Å². The highest BCUT2D eigenvalue weighted by molar-refractivity contribution is 5.98. The monoisotopic (exact) mass is 292 g/mol. The Morgan fingerprint density at radius 2 is 2.00 bits per heavy atom. The second kappa shape index (κ2) is 5.16. The maximum Gasteiger partial charge on any atom is 0.326 e. The van der Waals surface area contributed by atoms with Crippen molar-refractivity contribution in [2.45, 2.75) is 58.0 Å². The van der Waals surface area contributed by atoms with E-state index < -0.39 is 12.0 Å². The Kier molecular flexibility index (Phi) is 3.47. The van der Waals surface area contributed by atoms with Crippen LogP contribution in [0.25, 0.3) is 0 Å². The second-order valence-electron chi connectivity index (χ2n) is 6.11. The molecule has 114 valence electrons. The van der Waals surface area contributed by atoms with E-state index >= 15 is 0 Å². The number of rotatable bonds is 2. The molecule has 0 unspecified atom stereocenters. The summed E-state index contributed by atoms with van der Waals surface area (Å²) in [5.41, 5.74) is 0.952. The third-order valence-electron chi connectivity index (χ3n) is 4.85. The number of likely N-dealkylation sites (tertiary alicyclic amines) is 1. The third-order valence-corrected chi connectivity index (χ3v) is 4.85. The van der Waals surface area contributed by atoms with E-state index in [9.17, 15) is 14.7 Å². The van der Waals surface area contributed by atoms with E-state index in [1.165, 1.54) is 0 Å². The van der Waals surface area contributed by atoms with E-state index in [1.807, 2.05) is 0 Å². The van der Waals surface area contributed by atoms with Crippen molar-refractivity contribution in [2.75, 3.05) is 0 Å². The fourth-order valence-electron chi connectivity index (χ4n) is 3.89. The summed E-state index contributed by atoms with van der Waals surface area (Å²) in [7, 11) is 0. The number of amides is 1. The third kappa shape index (κ3) is 2.22. The number of aryl methyl sites for hydroxylation is 2. The minimum atomic E-state index is -0.912. The predicted octanol–water partition coefficient (Wildman–Crippen LogP) is 2.15. The van der Waals surface area contributed by atoms with Gasteiger partial charge >= 0.3 is 5.97 Å². The van der Waals surface area contributed by atoms with Crippen molar-refractivity contribution < 1.29 is 19.2 Å². The van der Waals surface area contributed by atoms with E-state index in [4.69, 9.17) is 4.52 Å². The van der Waals surface area contributed by atoms with E-state index in [1.54, 1.807) is 18.7 Å². The molecule has 0 radical (unpaired) electrons. The van der Waals surface area contributed by atoms with Gasteiger partial charge in [-0.2, -0.15) is 0 Å². The van der Waals surface area contributed by atoms with Crippen molar-refractivity contribution in [1.82, 2.24) is 10.1 Å².